The molecular formula is C13H20F2N2O2. The van der Waals surface area contributed by atoms with Crippen LogP contribution in [-0.4, -0.2) is 43.2 Å². The topological polar surface area (TPSA) is 58.7 Å². The van der Waals surface area contributed by atoms with E-state index in [9.17, 15) is 8.78 Å². The van der Waals surface area contributed by atoms with Gasteiger partial charge in [0.2, 0.25) is 0 Å². The van der Waals surface area contributed by atoms with E-state index in [1.54, 1.807) is 13.2 Å². The highest BCUT2D eigenvalue weighted by Gasteiger charge is 2.13. The van der Waals surface area contributed by atoms with E-state index in [-0.39, 0.29) is 19.7 Å². The first-order chi connectivity index (χ1) is 9.10. The summed E-state index contributed by atoms with van der Waals surface area (Å²) in [4.78, 5) is 1.51. The summed E-state index contributed by atoms with van der Waals surface area (Å²) in [6.45, 7) is 0.388. The van der Waals surface area contributed by atoms with Gasteiger partial charge in [0.05, 0.1) is 20.3 Å². The molecule has 0 aliphatic heterocycles. The summed E-state index contributed by atoms with van der Waals surface area (Å²) >= 11 is 0. The van der Waals surface area contributed by atoms with Crippen molar-refractivity contribution < 1.29 is 18.6 Å². The summed E-state index contributed by atoms with van der Waals surface area (Å²) in [5.74, 6) is 0.689. The van der Waals surface area contributed by atoms with E-state index >= 15 is 0 Å². The van der Waals surface area contributed by atoms with Crippen molar-refractivity contribution in [3.8, 4) is 5.75 Å². The maximum absolute atomic E-state index is 12.4. The number of nitrogens with two attached hydrogens (primary N) is 1. The third-order valence-corrected chi connectivity index (χ3v) is 2.78. The first-order valence-electron chi connectivity index (χ1n) is 6.08. The van der Waals surface area contributed by atoms with Gasteiger partial charge in [0.1, 0.15) is 5.75 Å². The number of alkyl halides is 2. The molecule has 0 aliphatic rings. The van der Waals surface area contributed by atoms with Crippen molar-refractivity contribution in [2.24, 2.45) is 5.73 Å². The molecule has 1 aromatic rings. The number of ether oxygens (including phenoxy) is 1. The van der Waals surface area contributed by atoms with E-state index in [0.717, 1.165) is 11.1 Å². The molecular weight excluding hydrogens is 254 g/mol. The molecule has 0 aromatic heterocycles. The first kappa shape index (κ1) is 15.8. The zero-order valence-electron chi connectivity index (χ0n) is 11.0. The van der Waals surface area contributed by atoms with Gasteiger partial charge in [-0.1, -0.05) is 6.07 Å². The van der Waals surface area contributed by atoms with E-state index in [1.807, 2.05) is 12.1 Å². The molecule has 3 N–H and O–H groups in total. The Bertz CT molecular complexity index is 389. The van der Waals surface area contributed by atoms with Crippen molar-refractivity contribution in [1.82, 2.24) is 4.90 Å². The van der Waals surface area contributed by atoms with Crippen molar-refractivity contribution in [2.45, 2.75) is 19.5 Å². The second-order valence-corrected chi connectivity index (χ2v) is 4.20. The molecule has 0 fully saturated rings. The van der Waals surface area contributed by atoms with Gasteiger partial charge in [0.15, 0.2) is 0 Å². The number of hydrogen-bond acceptors (Lipinski definition) is 4. The van der Waals surface area contributed by atoms with Crippen molar-refractivity contribution in [1.29, 1.82) is 0 Å². The number of hydrogen-bond donors (Lipinski definition) is 2. The summed E-state index contributed by atoms with van der Waals surface area (Å²) in [7, 11) is 1.56. The molecule has 6 heteroatoms. The predicted octanol–water partition coefficient (Wildman–Crippen LogP) is 1.21. The van der Waals surface area contributed by atoms with Crippen LogP contribution in [0.5, 0.6) is 5.75 Å². The van der Waals surface area contributed by atoms with Gasteiger partial charge >= 0.3 is 0 Å². The third-order valence-electron chi connectivity index (χ3n) is 2.78. The molecule has 0 saturated heterocycles. The van der Waals surface area contributed by atoms with Gasteiger partial charge in [-0.15, -0.1) is 0 Å². The minimum absolute atomic E-state index is 0.146. The Kier molecular flexibility index (Phi) is 6.69. The maximum atomic E-state index is 12.4. The summed E-state index contributed by atoms with van der Waals surface area (Å²) in [5, 5.41) is 8.88. The van der Waals surface area contributed by atoms with Gasteiger partial charge in [-0.2, -0.15) is 0 Å². The van der Waals surface area contributed by atoms with Gasteiger partial charge in [0, 0.05) is 25.2 Å². The standard InChI is InChI=1S/C13H20F2N2O2/c1-19-12-3-2-10(6-11(12)7-16)8-17(4-5-18)9-13(14)15/h2-3,6,13,18H,4-5,7-9,16H2,1H3. The molecule has 1 rings (SSSR count). The van der Waals surface area contributed by atoms with E-state index < -0.39 is 6.43 Å². The van der Waals surface area contributed by atoms with Crippen molar-refractivity contribution in [3.63, 3.8) is 0 Å². The highest BCUT2D eigenvalue weighted by molar-refractivity contribution is 5.37. The second kappa shape index (κ2) is 8.04. The summed E-state index contributed by atoms with van der Waals surface area (Å²) in [6, 6.07) is 5.43. The van der Waals surface area contributed by atoms with Gasteiger partial charge in [-0.3, -0.25) is 4.90 Å². The van der Waals surface area contributed by atoms with Crippen LogP contribution in [0.3, 0.4) is 0 Å². The van der Waals surface area contributed by atoms with E-state index in [0.29, 0.717) is 18.8 Å². The van der Waals surface area contributed by atoms with E-state index in [4.69, 9.17) is 15.6 Å². The highest BCUT2D eigenvalue weighted by Crippen LogP contribution is 2.20. The van der Waals surface area contributed by atoms with Crippen LogP contribution in [0.2, 0.25) is 0 Å². The molecule has 4 nitrogen and oxygen atoms in total. The summed E-state index contributed by atoms with van der Waals surface area (Å²) in [6.07, 6.45) is -2.42. The Morgan fingerprint density at radius 2 is 2.16 bits per heavy atom. The SMILES string of the molecule is COc1ccc(CN(CCO)CC(F)F)cc1CN. The zero-order valence-corrected chi connectivity index (χ0v) is 11.0. The lowest BCUT2D eigenvalue weighted by Crippen LogP contribution is -2.31. The fourth-order valence-electron chi connectivity index (χ4n) is 1.92. The van der Waals surface area contributed by atoms with Crippen LogP contribution in [0.4, 0.5) is 8.78 Å². The van der Waals surface area contributed by atoms with Crippen molar-refractivity contribution >= 4 is 0 Å². The predicted molar refractivity (Wildman–Crippen MR) is 69.3 cm³/mol. The number of halogens is 2. The fraction of sp³-hybridized carbons (Fsp3) is 0.538. The Morgan fingerprint density at radius 1 is 1.42 bits per heavy atom. The minimum Gasteiger partial charge on any atom is -0.496 e. The van der Waals surface area contributed by atoms with Crippen LogP contribution >= 0.6 is 0 Å². The number of nitrogens with zero attached hydrogens (tertiary/aromatic N) is 1. The molecule has 0 amide bonds. The Labute approximate surface area is 111 Å². The largest absolute Gasteiger partial charge is 0.496 e. The molecule has 0 radical (unpaired) electrons. The van der Waals surface area contributed by atoms with Gasteiger partial charge in [-0.25, -0.2) is 8.78 Å². The van der Waals surface area contributed by atoms with E-state index in [1.165, 1.54) is 4.90 Å². The number of benzene rings is 1. The lowest BCUT2D eigenvalue weighted by atomic mass is 10.1. The molecule has 0 aliphatic carbocycles. The molecule has 0 unspecified atom stereocenters. The van der Waals surface area contributed by atoms with Gasteiger partial charge in [-0.05, 0) is 17.7 Å². The minimum atomic E-state index is -2.42. The quantitative estimate of drug-likeness (QED) is 0.748. The third kappa shape index (κ3) is 5.10. The van der Waals surface area contributed by atoms with Crippen molar-refractivity contribution in [2.75, 3.05) is 26.8 Å². The molecule has 0 atom stereocenters. The molecule has 0 saturated carbocycles. The molecule has 108 valence electrons. The summed E-state index contributed by atoms with van der Waals surface area (Å²) < 4.78 is 30.0. The smallest absolute Gasteiger partial charge is 0.251 e. The van der Waals surface area contributed by atoms with Crippen LogP contribution < -0.4 is 10.5 Å². The number of aliphatic hydroxyl groups is 1. The number of methoxy groups -OCH3 is 1. The molecule has 0 bridgehead atoms. The first-order valence-corrected chi connectivity index (χ1v) is 6.08. The van der Waals surface area contributed by atoms with Gasteiger partial charge in [0.25, 0.3) is 6.43 Å². The Hall–Kier alpha value is -1.24. The molecule has 0 heterocycles. The average molecular weight is 274 g/mol. The lowest BCUT2D eigenvalue weighted by molar-refractivity contribution is 0.0746. The van der Waals surface area contributed by atoms with Crippen LogP contribution in [0.15, 0.2) is 18.2 Å². The van der Waals surface area contributed by atoms with Crippen LogP contribution in [0.25, 0.3) is 0 Å². The highest BCUT2D eigenvalue weighted by atomic mass is 19.3. The maximum Gasteiger partial charge on any atom is 0.251 e. The number of rotatable bonds is 8. The zero-order chi connectivity index (χ0) is 14.3. The fourth-order valence-corrected chi connectivity index (χ4v) is 1.92. The Balaban J connectivity index is 2.78. The summed E-state index contributed by atoms with van der Waals surface area (Å²) in [5.41, 5.74) is 7.32. The van der Waals surface area contributed by atoms with Crippen LogP contribution in [0, 0.1) is 0 Å². The van der Waals surface area contributed by atoms with E-state index in [2.05, 4.69) is 0 Å². The van der Waals surface area contributed by atoms with Crippen LogP contribution in [0.1, 0.15) is 11.1 Å². The Morgan fingerprint density at radius 3 is 2.68 bits per heavy atom. The van der Waals surface area contributed by atoms with Gasteiger partial charge < -0.3 is 15.6 Å². The monoisotopic (exact) mass is 274 g/mol. The van der Waals surface area contributed by atoms with Crippen LogP contribution in [-0.2, 0) is 13.1 Å². The molecule has 19 heavy (non-hydrogen) atoms. The van der Waals surface area contributed by atoms with Crippen molar-refractivity contribution in [3.05, 3.63) is 29.3 Å². The lowest BCUT2D eigenvalue weighted by Gasteiger charge is -2.21. The number of aliphatic hydroxyl groups excluding tert-OH is 1. The molecule has 1 aromatic carbocycles. The molecule has 0 spiro atoms. The second-order valence-electron chi connectivity index (χ2n) is 4.20. The average Bonchev–Trinajstić information content (AvgIpc) is 2.38. The normalized spacial score (nSPS) is 11.3.